The smallest absolute Gasteiger partial charge is 0.250 e. The van der Waals surface area contributed by atoms with E-state index in [1.165, 1.54) is 0 Å². The van der Waals surface area contributed by atoms with E-state index in [0.29, 0.717) is 0 Å². The number of carbonyl (C=O) groups is 4. The number of rotatable bonds is 6. The number of nitrogens with one attached hydrogen (secondary N) is 3. The molecule has 0 aliphatic heterocycles. The van der Waals surface area contributed by atoms with Gasteiger partial charge in [-0.25, -0.2) is 0 Å². The number of hydrogen-bond acceptors (Lipinski definition) is 4. The molecular weight excluding hydrogens is 262 g/mol. The van der Waals surface area contributed by atoms with E-state index in [0.717, 1.165) is 24.3 Å². The average molecular weight is 279 g/mol. The SMILES string of the molecule is C=CC(=O)NC(=O)C=C.C=CC(=O)NCNC(=O)C=C. The van der Waals surface area contributed by atoms with Gasteiger partial charge in [-0.05, 0) is 24.3 Å². The fraction of sp³-hybridized carbons (Fsp3) is 0.0769. The third-order valence-corrected chi connectivity index (χ3v) is 1.51. The van der Waals surface area contributed by atoms with Crippen LogP contribution in [0.1, 0.15) is 0 Å². The molecule has 0 aromatic rings. The van der Waals surface area contributed by atoms with Crippen molar-refractivity contribution in [2.45, 2.75) is 0 Å². The van der Waals surface area contributed by atoms with Crippen molar-refractivity contribution < 1.29 is 19.2 Å². The molecule has 0 saturated heterocycles. The van der Waals surface area contributed by atoms with Crippen LogP contribution in [0, 0.1) is 0 Å². The second-order valence-electron chi connectivity index (χ2n) is 2.93. The molecular formula is C13H17N3O4. The third-order valence-electron chi connectivity index (χ3n) is 1.51. The number of carbonyl (C=O) groups excluding carboxylic acids is 4. The van der Waals surface area contributed by atoms with Gasteiger partial charge in [-0.3, -0.25) is 24.5 Å². The largest absolute Gasteiger partial charge is 0.335 e. The van der Waals surface area contributed by atoms with Crippen LogP contribution in [-0.4, -0.2) is 30.3 Å². The second-order valence-corrected chi connectivity index (χ2v) is 2.93. The van der Waals surface area contributed by atoms with E-state index in [9.17, 15) is 19.2 Å². The number of amides is 4. The predicted molar refractivity (Wildman–Crippen MR) is 75.1 cm³/mol. The third kappa shape index (κ3) is 13.1. The van der Waals surface area contributed by atoms with E-state index in [4.69, 9.17) is 0 Å². The Labute approximate surface area is 117 Å². The zero-order valence-corrected chi connectivity index (χ0v) is 11.0. The lowest BCUT2D eigenvalue weighted by Gasteiger charge is -2.01. The van der Waals surface area contributed by atoms with Crippen LogP contribution in [0.3, 0.4) is 0 Å². The molecule has 108 valence electrons. The van der Waals surface area contributed by atoms with Crippen LogP contribution in [0.15, 0.2) is 50.6 Å². The van der Waals surface area contributed by atoms with E-state index in [2.05, 4.69) is 36.9 Å². The fourth-order valence-electron chi connectivity index (χ4n) is 0.586. The zero-order valence-electron chi connectivity index (χ0n) is 11.0. The van der Waals surface area contributed by atoms with Crippen molar-refractivity contribution >= 4 is 23.6 Å². The van der Waals surface area contributed by atoms with Crippen molar-refractivity contribution in [2.75, 3.05) is 6.67 Å². The van der Waals surface area contributed by atoms with Gasteiger partial charge in [-0.1, -0.05) is 26.3 Å². The molecule has 0 aliphatic carbocycles. The summed E-state index contributed by atoms with van der Waals surface area (Å²) in [6.07, 6.45) is 4.28. The van der Waals surface area contributed by atoms with E-state index < -0.39 is 11.8 Å². The lowest BCUT2D eigenvalue weighted by Crippen LogP contribution is -2.35. The topological polar surface area (TPSA) is 104 Å². The van der Waals surface area contributed by atoms with Gasteiger partial charge in [0.25, 0.3) is 0 Å². The Kier molecular flexibility index (Phi) is 12.1. The Morgan fingerprint density at radius 2 is 0.950 bits per heavy atom. The van der Waals surface area contributed by atoms with Crippen LogP contribution >= 0.6 is 0 Å². The van der Waals surface area contributed by atoms with Crippen molar-refractivity contribution in [1.82, 2.24) is 16.0 Å². The Hall–Kier alpha value is -2.96. The van der Waals surface area contributed by atoms with Crippen LogP contribution in [0.2, 0.25) is 0 Å². The summed E-state index contributed by atoms with van der Waals surface area (Å²) in [7, 11) is 0. The van der Waals surface area contributed by atoms with Crippen molar-refractivity contribution in [2.24, 2.45) is 0 Å². The molecule has 0 unspecified atom stereocenters. The summed E-state index contributed by atoms with van der Waals surface area (Å²) >= 11 is 0. The molecule has 4 amide bonds. The van der Waals surface area contributed by atoms with Crippen molar-refractivity contribution in [3.63, 3.8) is 0 Å². The van der Waals surface area contributed by atoms with Crippen molar-refractivity contribution in [3.8, 4) is 0 Å². The van der Waals surface area contributed by atoms with Gasteiger partial charge < -0.3 is 10.6 Å². The number of imide groups is 1. The molecule has 0 aromatic carbocycles. The van der Waals surface area contributed by atoms with E-state index >= 15 is 0 Å². The molecule has 0 rings (SSSR count). The first-order valence-corrected chi connectivity index (χ1v) is 5.31. The van der Waals surface area contributed by atoms with Gasteiger partial charge in [-0.2, -0.15) is 0 Å². The first-order chi connectivity index (χ1) is 9.40. The van der Waals surface area contributed by atoms with E-state index in [-0.39, 0.29) is 18.5 Å². The van der Waals surface area contributed by atoms with Crippen LogP contribution < -0.4 is 16.0 Å². The van der Waals surface area contributed by atoms with Gasteiger partial charge in [-0.15, -0.1) is 0 Å². The summed E-state index contributed by atoms with van der Waals surface area (Å²) in [5, 5.41) is 6.69. The van der Waals surface area contributed by atoms with Gasteiger partial charge >= 0.3 is 0 Å². The first kappa shape index (κ1) is 19.4. The average Bonchev–Trinajstić information content (AvgIpc) is 2.46. The van der Waals surface area contributed by atoms with Gasteiger partial charge in [0.15, 0.2) is 0 Å². The molecule has 0 heterocycles. The summed E-state index contributed by atoms with van der Waals surface area (Å²) in [6.45, 7) is 12.9. The highest BCUT2D eigenvalue weighted by Crippen LogP contribution is 1.68. The Morgan fingerprint density at radius 1 is 0.650 bits per heavy atom. The molecule has 0 saturated carbocycles. The molecule has 0 bridgehead atoms. The maximum atomic E-state index is 10.5. The second kappa shape index (κ2) is 12.5. The van der Waals surface area contributed by atoms with Gasteiger partial charge in [0.1, 0.15) is 0 Å². The standard InChI is InChI=1S/C7H10N2O2.C6H7NO2/c1-3-6(10)8-5-9-7(11)4-2;1-3-5(8)7-6(9)4-2/h3-4H,1-2,5H2,(H,8,10)(H,9,11);3-4H,1-2H2,(H,7,8,9). The van der Waals surface area contributed by atoms with E-state index in [1.54, 1.807) is 0 Å². The Bertz CT molecular complexity index is 389. The summed E-state index contributed by atoms with van der Waals surface area (Å²) in [4.78, 5) is 41.5. The van der Waals surface area contributed by atoms with Gasteiger partial charge in [0.2, 0.25) is 23.6 Å². The van der Waals surface area contributed by atoms with Gasteiger partial charge in [0, 0.05) is 0 Å². The first-order valence-electron chi connectivity index (χ1n) is 5.31. The van der Waals surface area contributed by atoms with Crippen molar-refractivity contribution in [1.29, 1.82) is 0 Å². The highest BCUT2D eigenvalue weighted by molar-refractivity contribution is 6.04. The summed E-state index contributed by atoms with van der Waals surface area (Å²) in [6, 6.07) is 0. The molecule has 20 heavy (non-hydrogen) atoms. The van der Waals surface area contributed by atoms with Crippen LogP contribution in [-0.2, 0) is 19.2 Å². The summed E-state index contributed by atoms with van der Waals surface area (Å²) in [5.41, 5.74) is 0. The monoisotopic (exact) mass is 279 g/mol. The molecule has 0 spiro atoms. The minimum absolute atomic E-state index is 0.0930. The molecule has 0 atom stereocenters. The Balaban J connectivity index is 0. The van der Waals surface area contributed by atoms with Crippen LogP contribution in [0.4, 0.5) is 0 Å². The molecule has 3 N–H and O–H groups in total. The zero-order chi connectivity index (χ0) is 16.0. The maximum Gasteiger partial charge on any atom is 0.250 e. The lowest BCUT2D eigenvalue weighted by molar-refractivity contribution is -0.125. The minimum atomic E-state index is -0.514. The van der Waals surface area contributed by atoms with Gasteiger partial charge in [0.05, 0.1) is 6.67 Å². The molecule has 0 aliphatic rings. The highest BCUT2D eigenvalue weighted by atomic mass is 16.2. The lowest BCUT2D eigenvalue weighted by atomic mass is 10.5. The Morgan fingerprint density at radius 3 is 1.20 bits per heavy atom. The predicted octanol–water partition coefficient (Wildman–Crippen LogP) is -0.450. The van der Waals surface area contributed by atoms with Crippen LogP contribution in [0.5, 0.6) is 0 Å². The summed E-state index contributed by atoms with van der Waals surface area (Å²) in [5.74, 6) is -1.68. The quantitative estimate of drug-likeness (QED) is 0.452. The van der Waals surface area contributed by atoms with Crippen molar-refractivity contribution in [3.05, 3.63) is 50.6 Å². The number of hydrogen-bond donors (Lipinski definition) is 3. The van der Waals surface area contributed by atoms with Crippen LogP contribution in [0.25, 0.3) is 0 Å². The summed E-state index contributed by atoms with van der Waals surface area (Å²) < 4.78 is 0. The highest BCUT2D eigenvalue weighted by Gasteiger charge is 1.96. The molecule has 0 fully saturated rings. The maximum absolute atomic E-state index is 10.5. The molecule has 0 aromatic heterocycles. The normalized spacial score (nSPS) is 7.80. The molecule has 7 heteroatoms. The fourth-order valence-corrected chi connectivity index (χ4v) is 0.586. The molecule has 7 nitrogen and oxygen atoms in total. The molecule has 0 radical (unpaired) electrons. The van der Waals surface area contributed by atoms with E-state index in [1.807, 2.05) is 5.32 Å². The minimum Gasteiger partial charge on any atom is -0.335 e.